The summed E-state index contributed by atoms with van der Waals surface area (Å²) < 4.78 is 15.3. The Kier molecular flexibility index (Phi) is 4.96. The molecule has 1 fully saturated rings. The third kappa shape index (κ3) is 3.80. The molecule has 29 heavy (non-hydrogen) atoms. The molecule has 152 valence electrons. The molecule has 1 aliphatic heterocycles. The number of halogens is 1. The number of aromatic amines is 1. The van der Waals surface area contributed by atoms with Gasteiger partial charge < -0.3 is 20.3 Å². The molecule has 1 aliphatic rings. The summed E-state index contributed by atoms with van der Waals surface area (Å²) in [5.74, 6) is -0.492. The first kappa shape index (κ1) is 19.0. The number of fused-ring (bicyclic) bond motifs is 1. The number of likely N-dealkylation sites (tertiary alicyclic amines) is 1. The maximum Gasteiger partial charge on any atom is 0.405 e. The number of piperidine rings is 1. The highest BCUT2D eigenvalue weighted by Crippen LogP contribution is 2.30. The lowest BCUT2D eigenvalue weighted by molar-refractivity contribution is -0.134. The minimum Gasteiger partial charge on any atom is -0.465 e. The summed E-state index contributed by atoms with van der Waals surface area (Å²) in [5.41, 5.74) is 2.65. The van der Waals surface area contributed by atoms with E-state index < -0.39 is 12.1 Å². The molecule has 4 rings (SSSR count). The number of carbonyl (C=O) groups excluding carboxylic acids is 1. The van der Waals surface area contributed by atoms with Crippen LogP contribution >= 0.6 is 0 Å². The molecule has 3 heterocycles. The van der Waals surface area contributed by atoms with Gasteiger partial charge in [-0.1, -0.05) is 0 Å². The number of amides is 2. The molecule has 2 aromatic heterocycles. The molecule has 0 aliphatic carbocycles. The Morgan fingerprint density at radius 1 is 1.34 bits per heavy atom. The van der Waals surface area contributed by atoms with E-state index in [4.69, 9.17) is 5.11 Å². The number of hydrogen-bond acceptors (Lipinski definition) is 3. The molecule has 9 heteroatoms. The first-order valence-corrected chi connectivity index (χ1v) is 9.52. The lowest BCUT2D eigenvalue weighted by Crippen LogP contribution is -2.49. The quantitative estimate of drug-likeness (QED) is 0.627. The number of rotatable bonds is 4. The van der Waals surface area contributed by atoms with Crippen molar-refractivity contribution in [3.05, 3.63) is 42.6 Å². The van der Waals surface area contributed by atoms with Crippen molar-refractivity contribution in [2.45, 2.75) is 31.8 Å². The average Bonchev–Trinajstić information content (AvgIpc) is 3.33. The number of benzene rings is 1. The summed E-state index contributed by atoms with van der Waals surface area (Å²) >= 11 is 0. The number of carboxylic acid groups (broad SMARTS) is 1. The number of carbonyl (C=O) groups is 2. The van der Waals surface area contributed by atoms with Crippen LogP contribution in [0.3, 0.4) is 0 Å². The fourth-order valence-corrected chi connectivity index (χ4v) is 3.89. The van der Waals surface area contributed by atoms with Crippen molar-refractivity contribution in [3.8, 4) is 11.1 Å². The van der Waals surface area contributed by atoms with Crippen LogP contribution in [-0.4, -0.2) is 55.9 Å². The number of hydrogen-bond donors (Lipinski definition) is 3. The van der Waals surface area contributed by atoms with Gasteiger partial charge in [0.15, 0.2) is 0 Å². The van der Waals surface area contributed by atoms with E-state index in [9.17, 15) is 14.0 Å². The van der Waals surface area contributed by atoms with E-state index in [1.165, 1.54) is 12.1 Å². The Hall–Kier alpha value is -3.36. The van der Waals surface area contributed by atoms with Crippen LogP contribution in [-0.2, 0) is 4.79 Å². The summed E-state index contributed by atoms with van der Waals surface area (Å²) in [7, 11) is 0. The number of nitrogens with zero attached hydrogens (tertiary/aromatic N) is 3. The predicted octanol–water partition coefficient (Wildman–Crippen LogP) is 2.99. The van der Waals surface area contributed by atoms with Crippen molar-refractivity contribution in [2.75, 3.05) is 13.1 Å². The first-order valence-electron chi connectivity index (χ1n) is 9.52. The van der Waals surface area contributed by atoms with Gasteiger partial charge in [-0.05, 0) is 38.0 Å². The second kappa shape index (κ2) is 7.57. The van der Waals surface area contributed by atoms with Crippen LogP contribution in [0.15, 0.2) is 36.8 Å². The summed E-state index contributed by atoms with van der Waals surface area (Å²) in [4.78, 5) is 27.8. The van der Waals surface area contributed by atoms with E-state index in [0.29, 0.717) is 13.1 Å². The van der Waals surface area contributed by atoms with Crippen LogP contribution in [0.1, 0.15) is 25.8 Å². The zero-order valence-electron chi connectivity index (χ0n) is 15.9. The molecule has 0 radical (unpaired) electrons. The van der Waals surface area contributed by atoms with Crippen LogP contribution in [0.25, 0.3) is 22.0 Å². The smallest absolute Gasteiger partial charge is 0.405 e. The minimum absolute atomic E-state index is 0.165. The van der Waals surface area contributed by atoms with Gasteiger partial charge in [-0.3, -0.25) is 9.48 Å². The lowest BCUT2D eigenvalue weighted by Gasteiger charge is -2.33. The van der Waals surface area contributed by atoms with Crippen LogP contribution in [0.5, 0.6) is 0 Å². The maximum atomic E-state index is 13.4. The topological polar surface area (TPSA) is 103 Å². The molecule has 0 spiro atoms. The highest BCUT2D eigenvalue weighted by atomic mass is 19.1. The largest absolute Gasteiger partial charge is 0.465 e. The highest BCUT2D eigenvalue weighted by Gasteiger charge is 2.28. The molecular weight excluding hydrogens is 377 g/mol. The summed E-state index contributed by atoms with van der Waals surface area (Å²) in [6.07, 6.45) is 5.90. The second-order valence-electron chi connectivity index (χ2n) is 7.33. The van der Waals surface area contributed by atoms with Gasteiger partial charge in [-0.25, -0.2) is 9.18 Å². The fraction of sp³-hybridized carbons (Fsp3) is 0.350. The van der Waals surface area contributed by atoms with Crippen molar-refractivity contribution >= 4 is 22.9 Å². The maximum absolute atomic E-state index is 13.4. The lowest BCUT2D eigenvalue weighted by atomic mass is 10.0. The van der Waals surface area contributed by atoms with Crippen molar-refractivity contribution in [1.29, 1.82) is 0 Å². The standard InChI is InChI=1S/C20H22FN5O3/c1-12(24-20(28)29)19(27)25-6-4-15(5-7-25)26-11-13(9-23-26)17-10-22-18-8-14(21)2-3-16(17)18/h2-3,8-12,15,22,24H,4-7H2,1H3,(H,28,29). The zero-order chi connectivity index (χ0) is 20.5. The van der Waals surface area contributed by atoms with Gasteiger partial charge in [0.1, 0.15) is 11.9 Å². The monoisotopic (exact) mass is 399 g/mol. The molecule has 0 bridgehead atoms. The van der Waals surface area contributed by atoms with Gasteiger partial charge in [0.05, 0.1) is 12.2 Å². The van der Waals surface area contributed by atoms with Gasteiger partial charge >= 0.3 is 6.09 Å². The van der Waals surface area contributed by atoms with Crippen molar-refractivity contribution in [1.82, 2.24) is 25.0 Å². The molecular formula is C20H22FN5O3. The molecule has 3 N–H and O–H groups in total. The molecule has 1 saturated heterocycles. The van der Waals surface area contributed by atoms with Gasteiger partial charge in [0.25, 0.3) is 0 Å². The number of nitrogens with one attached hydrogen (secondary N) is 2. The highest BCUT2D eigenvalue weighted by molar-refractivity contribution is 5.95. The third-order valence-electron chi connectivity index (χ3n) is 5.42. The first-order chi connectivity index (χ1) is 13.9. The SMILES string of the molecule is CC(NC(=O)O)C(=O)N1CCC(n2cc(-c3c[nH]c4cc(F)ccc34)cn2)CC1. The summed E-state index contributed by atoms with van der Waals surface area (Å²) in [6, 6.07) is 4.07. The van der Waals surface area contributed by atoms with E-state index in [1.54, 1.807) is 24.1 Å². The molecule has 0 saturated carbocycles. The normalized spacial score (nSPS) is 16.1. The van der Waals surface area contributed by atoms with Crippen molar-refractivity contribution < 1.29 is 19.1 Å². The van der Waals surface area contributed by atoms with E-state index in [2.05, 4.69) is 15.4 Å². The molecule has 3 aromatic rings. The molecule has 1 unspecified atom stereocenters. The Bertz CT molecular complexity index is 1050. The van der Waals surface area contributed by atoms with Crippen LogP contribution in [0.2, 0.25) is 0 Å². The Morgan fingerprint density at radius 2 is 2.10 bits per heavy atom. The van der Waals surface area contributed by atoms with Crippen LogP contribution in [0, 0.1) is 5.82 Å². The van der Waals surface area contributed by atoms with E-state index >= 15 is 0 Å². The Labute approximate surface area is 166 Å². The summed E-state index contributed by atoms with van der Waals surface area (Å²) in [6.45, 7) is 2.66. The van der Waals surface area contributed by atoms with Crippen molar-refractivity contribution in [2.24, 2.45) is 0 Å². The van der Waals surface area contributed by atoms with Gasteiger partial charge in [-0.2, -0.15) is 5.10 Å². The van der Waals surface area contributed by atoms with Crippen molar-refractivity contribution in [3.63, 3.8) is 0 Å². The third-order valence-corrected chi connectivity index (χ3v) is 5.42. The zero-order valence-corrected chi connectivity index (χ0v) is 15.9. The minimum atomic E-state index is -1.20. The summed E-state index contributed by atoms with van der Waals surface area (Å²) in [5, 5.41) is 16.4. The Balaban J connectivity index is 1.43. The molecule has 8 nitrogen and oxygen atoms in total. The molecule has 1 atom stereocenters. The Morgan fingerprint density at radius 3 is 2.83 bits per heavy atom. The number of H-pyrrole nitrogens is 1. The van der Waals surface area contributed by atoms with E-state index in [0.717, 1.165) is 34.9 Å². The fourth-order valence-electron chi connectivity index (χ4n) is 3.89. The van der Waals surface area contributed by atoms with Crippen LogP contribution in [0.4, 0.5) is 9.18 Å². The molecule has 2 amide bonds. The van der Waals surface area contributed by atoms with Gasteiger partial charge in [-0.15, -0.1) is 0 Å². The van der Waals surface area contributed by atoms with Crippen LogP contribution < -0.4 is 5.32 Å². The second-order valence-corrected chi connectivity index (χ2v) is 7.33. The predicted molar refractivity (Wildman–Crippen MR) is 105 cm³/mol. The average molecular weight is 399 g/mol. The molecule has 1 aromatic carbocycles. The van der Waals surface area contributed by atoms with Gasteiger partial charge in [0.2, 0.25) is 5.91 Å². The van der Waals surface area contributed by atoms with Gasteiger partial charge in [0, 0.05) is 47.5 Å². The van der Waals surface area contributed by atoms with E-state index in [1.807, 2.05) is 17.1 Å². The number of aromatic nitrogens is 3. The van der Waals surface area contributed by atoms with E-state index in [-0.39, 0.29) is 17.8 Å².